The molecule has 0 saturated heterocycles. The van der Waals surface area contributed by atoms with E-state index in [4.69, 9.17) is 28.4 Å². The van der Waals surface area contributed by atoms with Gasteiger partial charge < -0.3 is 38.2 Å². The van der Waals surface area contributed by atoms with Gasteiger partial charge in [0.05, 0.1) is 23.7 Å². The first-order valence-electron chi connectivity index (χ1n) is 27.0. The molecule has 0 aliphatic heterocycles. The molecule has 1 amide bonds. The van der Waals surface area contributed by atoms with Gasteiger partial charge in [0, 0.05) is 44.5 Å². The number of ether oxygens (including phenoxy) is 6. The molecule has 408 valence electrons. The molecule has 0 bridgehead atoms. The number of carbonyl (C=O) groups is 7. The lowest BCUT2D eigenvalue weighted by molar-refractivity contribution is -0.163. The Morgan fingerprint density at radius 1 is 0.357 bits per heavy atom. The standard InChI is InChI=1S/C54H98N2O13S/c1-9-13-17-21-25-30-46(57)64-40-53(5,41-65-47(58)31-26-22-18-14-10-2)44-68-50(61)34-37-56(52(63)70-39-29-36-55(7)8)38-35-51(62)69-45-54(6,42-66-48(59)32-27-23-19-15-11-3)43-67-49(60)33-28-24-20-16-12-4/h9-45H2,1-8H3. The summed E-state index contributed by atoms with van der Waals surface area (Å²) >= 11 is 1.10. The highest BCUT2D eigenvalue weighted by molar-refractivity contribution is 8.13. The van der Waals surface area contributed by atoms with Gasteiger partial charge in [-0.15, -0.1) is 0 Å². The van der Waals surface area contributed by atoms with Crippen molar-refractivity contribution in [3.63, 3.8) is 0 Å². The Balaban J connectivity index is 5.76. The van der Waals surface area contributed by atoms with Crippen molar-refractivity contribution < 1.29 is 62.0 Å². The smallest absolute Gasteiger partial charge is 0.307 e. The van der Waals surface area contributed by atoms with Gasteiger partial charge >= 0.3 is 35.8 Å². The summed E-state index contributed by atoms with van der Waals surface area (Å²) in [5.41, 5.74) is -2.03. The predicted molar refractivity (Wildman–Crippen MR) is 277 cm³/mol. The van der Waals surface area contributed by atoms with E-state index in [1.807, 2.05) is 19.0 Å². The molecule has 0 aliphatic carbocycles. The highest BCUT2D eigenvalue weighted by atomic mass is 32.2. The maximum atomic E-state index is 13.5. The van der Waals surface area contributed by atoms with Crippen LogP contribution in [0.4, 0.5) is 4.79 Å². The van der Waals surface area contributed by atoms with Crippen LogP contribution in [0.5, 0.6) is 0 Å². The maximum Gasteiger partial charge on any atom is 0.307 e. The zero-order valence-electron chi connectivity index (χ0n) is 45.3. The molecule has 0 saturated carbocycles. The maximum absolute atomic E-state index is 13.5. The number of thioether (sulfide) groups is 1. The van der Waals surface area contributed by atoms with Gasteiger partial charge in [-0.2, -0.15) is 0 Å². The van der Waals surface area contributed by atoms with Crippen LogP contribution in [0.3, 0.4) is 0 Å². The molecule has 0 N–H and O–H groups in total. The first kappa shape index (κ1) is 66.6. The second-order valence-electron chi connectivity index (χ2n) is 20.0. The van der Waals surface area contributed by atoms with Crippen LogP contribution in [-0.4, -0.2) is 130 Å². The molecule has 70 heavy (non-hydrogen) atoms. The van der Waals surface area contributed by atoms with E-state index in [-0.39, 0.29) is 120 Å². The van der Waals surface area contributed by atoms with E-state index in [0.717, 1.165) is 127 Å². The summed E-state index contributed by atoms with van der Waals surface area (Å²) in [6.07, 6.45) is 21.0. The summed E-state index contributed by atoms with van der Waals surface area (Å²) < 4.78 is 33.9. The average Bonchev–Trinajstić information content (AvgIpc) is 3.33. The van der Waals surface area contributed by atoms with Crippen LogP contribution >= 0.6 is 11.8 Å². The van der Waals surface area contributed by atoms with Crippen molar-refractivity contribution in [2.45, 2.75) is 215 Å². The number of carbonyl (C=O) groups excluding carboxylic acids is 7. The first-order valence-corrected chi connectivity index (χ1v) is 28.0. The van der Waals surface area contributed by atoms with Gasteiger partial charge in [0.2, 0.25) is 0 Å². The van der Waals surface area contributed by atoms with Crippen molar-refractivity contribution in [1.29, 1.82) is 0 Å². The topological polar surface area (TPSA) is 181 Å². The largest absolute Gasteiger partial charge is 0.465 e. The lowest BCUT2D eigenvalue weighted by atomic mass is 9.94. The van der Waals surface area contributed by atoms with E-state index in [9.17, 15) is 33.6 Å². The molecule has 0 aromatic carbocycles. The Kier molecular flexibility index (Phi) is 41.1. The number of esters is 6. The van der Waals surface area contributed by atoms with Crippen molar-refractivity contribution in [2.24, 2.45) is 10.8 Å². The van der Waals surface area contributed by atoms with E-state index in [2.05, 4.69) is 27.7 Å². The van der Waals surface area contributed by atoms with Crippen LogP contribution in [0.1, 0.15) is 215 Å². The SMILES string of the molecule is CCCCCCCC(=O)OCC(C)(COC(=O)CCCCCCC)COC(=O)CCN(CCC(=O)OCC(C)(COC(=O)CCCCCCC)COC(=O)CCCCCCC)C(=O)SCCCN(C)C. The van der Waals surface area contributed by atoms with Gasteiger partial charge in [-0.1, -0.05) is 142 Å². The molecular weight excluding hydrogens is 917 g/mol. The summed E-state index contributed by atoms with van der Waals surface area (Å²) in [6.45, 7) is 11.8. The first-order chi connectivity index (χ1) is 33.5. The minimum atomic E-state index is -1.01. The molecule has 16 heteroatoms. The highest BCUT2D eigenvalue weighted by Gasteiger charge is 2.33. The van der Waals surface area contributed by atoms with Crippen LogP contribution in [-0.2, 0) is 57.2 Å². The van der Waals surface area contributed by atoms with Crippen LogP contribution in [0.25, 0.3) is 0 Å². The number of hydrogen-bond donors (Lipinski definition) is 0. The number of rotatable bonds is 46. The molecule has 0 fully saturated rings. The summed E-state index contributed by atoms with van der Waals surface area (Å²) in [5.74, 6) is -2.16. The fraction of sp³-hybridized carbons (Fsp3) is 0.870. The van der Waals surface area contributed by atoms with Crippen LogP contribution in [0.15, 0.2) is 0 Å². The Bertz CT molecular complexity index is 1280. The third-order valence-corrected chi connectivity index (χ3v) is 12.8. The molecule has 15 nitrogen and oxygen atoms in total. The van der Waals surface area contributed by atoms with Gasteiger partial charge in [0.15, 0.2) is 0 Å². The Morgan fingerprint density at radius 3 is 0.871 bits per heavy atom. The summed E-state index contributed by atoms with van der Waals surface area (Å²) in [6, 6.07) is 0. The molecular formula is C54H98N2O13S. The molecule has 0 atom stereocenters. The summed E-state index contributed by atoms with van der Waals surface area (Å²) in [5, 5.41) is -0.305. The van der Waals surface area contributed by atoms with E-state index in [0.29, 0.717) is 31.4 Å². The van der Waals surface area contributed by atoms with Crippen molar-refractivity contribution in [3.8, 4) is 0 Å². The lowest BCUT2D eigenvalue weighted by Gasteiger charge is -2.29. The van der Waals surface area contributed by atoms with E-state index >= 15 is 0 Å². The molecule has 0 aliphatic rings. The molecule has 0 rings (SSSR count). The third kappa shape index (κ3) is 39.2. The van der Waals surface area contributed by atoms with Crippen LogP contribution in [0.2, 0.25) is 0 Å². The van der Waals surface area contributed by atoms with Gasteiger partial charge in [0.1, 0.15) is 39.6 Å². The Morgan fingerprint density at radius 2 is 0.614 bits per heavy atom. The average molecular weight is 1020 g/mol. The minimum Gasteiger partial charge on any atom is -0.465 e. The Hall–Kier alpha value is -3.40. The van der Waals surface area contributed by atoms with E-state index in [1.54, 1.807) is 13.8 Å². The third-order valence-electron chi connectivity index (χ3n) is 11.8. The van der Waals surface area contributed by atoms with Crippen molar-refractivity contribution in [3.05, 3.63) is 0 Å². The fourth-order valence-electron chi connectivity index (χ4n) is 7.08. The lowest BCUT2D eigenvalue weighted by Crippen LogP contribution is -2.38. The zero-order chi connectivity index (χ0) is 52.3. The number of amides is 1. The second kappa shape index (κ2) is 43.2. The molecule has 0 heterocycles. The molecule has 0 spiro atoms. The molecule has 0 radical (unpaired) electrons. The molecule has 0 unspecified atom stereocenters. The normalized spacial score (nSPS) is 11.6. The molecule has 0 aromatic heterocycles. The predicted octanol–water partition coefficient (Wildman–Crippen LogP) is 11.6. The Labute approximate surface area is 428 Å². The summed E-state index contributed by atoms with van der Waals surface area (Å²) in [7, 11) is 3.90. The van der Waals surface area contributed by atoms with E-state index < -0.39 is 22.8 Å². The van der Waals surface area contributed by atoms with Crippen LogP contribution < -0.4 is 0 Å². The quantitative estimate of drug-likeness (QED) is 0.0319. The van der Waals surface area contributed by atoms with Gasteiger partial charge in [0.25, 0.3) is 5.24 Å². The number of nitrogens with zero attached hydrogens (tertiary/aromatic N) is 2. The van der Waals surface area contributed by atoms with Crippen molar-refractivity contribution in [1.82, 2.24) is 9.80 Å². The zero-order valence-corrected chi connectivity index (χ0v) is 46.1. The highest BCUT2D eigenvalue weighted by Crippen LogP contribution is 2.23. The van der Waals surface area contributed by atoms with Gasteiger partial charge in [-0.3, -0.25) is 33.6 Å². The fourth-order valence-corrected chi connectivity index (χ4v) is 7.89. The summed E-state index contributed by atoms with van der Waals surface area (Å²) in [4.78, 5) is 94.2. The molecule has 0 aromatic rings. The minimum absolute atomic E-state index is 0.0388. The van der Waals surface area contributed by atoms with Crippen LogP contribution in [0, 0.1) is 10.8 Å². The number of hydrogen-bond acceptors (Lipinski definition) is 15. The van der Waals surface area contributed by atoms with Gasteiger partial charge in [-0.25, -0.2) is 0 Å². The number of unbranched alkanes of at least 4 members (excludes halogenated alkanes) is 16. The van der Waals surface area contributed by atoms with E-state index in [1.165, 1.54) is 4.90 Å². The van der Waals surface area contributed by atoms with Crippen molar-refractivity contribution >= 4 is 52.8 Å². The second-order valence-corrected chi connectivity index (χ2v) is 21.0. The monoisotopic (exact) mass is 1010 g/mol. The van der Waals surface area contributed by atoms with Gasteiger partial charge in [-0.05, 0) is 66.6 Å². The van der Waals surface area contributed by atoms with Crippen molar-refractivity contribution in [2.75, 3.05) is 79.1 Å².